The molecule has 0 aliphatic heterocycles. The highest BCUT2D eigenvalue weighted by Crippen LogP contribution is 2.31. The zero-order chi connectivity index (χ0) is 12.0. The Morgan fingerprint density at radius 1 is 1.44 bits per heavy atom. The second-order valence-electron chi connectivity index (χ2n) is 4.10. The van der Waals surface area contributed by atoms with Crippen LogP contribution in [-0.4, -0.2) is 24.3 Å². The Morgan fingerprint density at radius 2 is 2.19 bits per heavy atom. The van der Waals surface area contributed by atoms with Crippen LogP contribution in [0, 0.1) is 11.8 Å². The molecule has 3 heteroatoms. The fourth-order valence-corrected chi connectivity index (χ4v) is 2.02. The van der Waals surface area contributed by atoms with Gasteiger partial charge in [-0.3, -0.25) is 4.79 Å². The Hall–Kier alpha value is -1.09. The summed E-state index contributed by atoms with van der Waals surface area (Å²) in [5.74, 6) is -0.000854. The Bertz CT molecular complexity index is 281. The number of carbonyl (C=O) groups excluding carboxylic acids is 1. The molecule has 0 bridgehead atoms. The zero-order valence-corrected chi connectivity index (χ0v) is 9.93. The van der Waals surface area contributed by atoms with Crippen LogP contribution in [0.3, 0.4) is 0 Å². The molecule has 0 aromatic heterocycles. The van der Waals surface area contributed by atoms with Gasteiger partial charge < -0.3 is 9.84 Å². The lowest BCUT2D eigenvalue weighted by atomic mass is 9.88. The minimum atomic E-state index is -0.434. The van der Waals surface area contributed by atoms with Crippen LogP contribution < -0.4 is 0 Å². The van der Waals surface area contributed by atoms with Crippen LogP contribution in [0.4, 0.5) is 0 Å². The molecule has 1 aliphatic carbocycles. The first-order valence-corrected chi connectivity index (χ1v) is 5.77. The zero-order valence-electron chi connectivity index (χ0n) is 9.93. The van der Waals surface area contributed by atoms with Gasteiger partial charge in [0.25, 0.3) is 0 Å². The van der Waals surface area contributed by atoms with Crippen molar-refractivity contribution in [2.75, 3.05) is 7.11 Å². The fourth-order valence-electron chi connectivity index (χ4n) is 2.02. The Kier molecular flexibility index (Phi) is 5.26. The number of esters is 1. The Labute approximate surface area is 96.8 Å². The maximum absolute atomic E-state index is 11.2. The average Bonchev–Trinajstić information content (AvgIpc) is 2.61. The van der Waals surface area contributed by atoms with E-state index >= 15 is 0 Å². The molecule has 16 heavy (non-hydrogen) atoms. The van der Waals surface area contributed by atoms with Crippen molar-refractivity contribution in [1.82, 2.24) is 0 Å². The monoisotopic (exact) mass is 224 g/mol. The minimum Gasteiger partial charge on any atom is -0.469 e. The third-order valence-electron chi connectivity index (χ3n) is 2.98. The number of allylic oxidation sites excluding steroid dienone is 3. The van der Waals surface area contributed by atoms with Gasteiger partial charge in [-0.05, 0) is 24.7 Å². The van der Waals surface area contributed by atoms with Crippen LogP contribution in [0.25, 0.3) is 0 Å². The second kappa shape index (κ2) is 6.48. The standard InChI is InChI=1S/C13H20O3/c1-3-4-5-6-11-10(7-8-12(11)14)9-13(15)16-2/h4-5,7-8,10-12,14H,3,6,9H2,1-2H3/b5-4-/t10-,11+,12+/m1/s1. The first-order chi connectivity index (χ1) is 7.69. The van der Waals surface area contributed by atoms with Gasteiger partial charge in [0, 0.05) is 0 Å². The topological polar surface area (TPSA) is 46.5 Å². The summed E-state index contributed by atoms with van der Waals surface area (Å²) in [7, 11) is 1.39. The van der Waals surface area contributed by atoms with Gasteiger partial charge in [-0.15, -0.1) is 0 Å². The molecule has 0 radical (unpaired) electrons. The van der Waals surface area contributed by atoms with Crippen molar-refractivity contribution >= 4 is 5.97 Å². The minimum absolute atomic E-state index is 0.101. The molecule has 3 atom stereocenters. The maximum Gasteiger partial charge on any atom is 0.306 e. The summed E-state index contributed by atoms with van der Waals surface area (Å²) >= 11 is 0. The number of hydrogen-bond acceptors (Lipinski definition) is 3. The number of aliphatic hydroxyl groups is 1. The molecule has 0 aromatic carbocycles. The van der Waals surface area contributed by atoms with E-state index < -0.39 is 6.10 Å². The summed E-state index contributed by atoms with van der Waals surface area (Å²) in [6.07, 6.45) is 9.59. The van der Waals surface area contributed by atoms with Gasteiger partial charge in [-0.2, -0.15) is 0 Å². The van der Waals surface area contributed by atoms with Crippen molar-refractivity contribution in [3.8, 4) is 0 Å². The Balaban J connectivity index is 2.51. The van der Waals surface area contributed by atoms with Gasteiger partial charge >= 0.3 is 5.97 Å². The van der Waals surface area contributed by atoms with Crippen LogP contribution in [0.1, 0.15) is 26.2 Å². The first-order valence-electron chi connectivity index (χ1n) is 5.77. The van der Waals surface area contributed by atoms with E-state index in [1.807, 2.05) is 6.08 Å². The molecule has 0 spiro atoms. The SMILES string of the molecule is CC/C=C\C[C@H]1[C@@H](CC(=O)OC)C=C[C@@H]1O. The largest absolute Gasteiger partial charge is 0.469 e. The lowest BCUT2D eigenvalue weighted by molar-refractivity contribution is -0.141. The lowest BCUT2D eigenvalue weighted by Gasteiger charge is -2.19. The molecule has 0 aromatic rings. The summed E-state index contributed by atoms with van der Waals surface area (Å²) in [6, 6.07) is 0. The van der Waals surface area contributed by atoms with E-state index in [1.54, 1.807) is 6.08 Å². The quantitative estimate of drug-likeness (QED) is 0.574. The third-order valence-corrected chi connectivity index (χ3v) is 2.98. The predicted molar refractivity (Wildman–Crippen MR) is 62.8 cm³/mol. The average molecular weight is 224 g/mol. The second-order valence-corrected chi connectivity index (χ2v) is 4.10. The molecule has 0 unspecified atom stereocenters. The van der Waals surface area contributed by atoms with E-state index in [0.717, 1.165) is 12.8 Å². The van der Waals surface area contributed by atoms with E-state index in [4.69, 9.17) is 0 Å². The van der Waals surface area contributed by atoms with E-state index in [-0.39, 0.29) is 17.8 Å². The smallest absolute Gasteiger partial charge is 0.306 e. The first kappa shape index (κ1) is 13.0. The highest BCUT2D eigenvalue weighted by molar-refractivity contribution is 5.69. The van der Waals surface area contributed by atoms with E-state index in [1.165, 1.54) is 7.11 Å². The van der Waals surface area contributed by atoms with Gasteiger partial charge in [0.15, 0.2) is 0 Å². The number of aliphatic hydroxyl groups excluding tert-OH is 1. The molecule has 1 N–H and O–H groups in total. The summed E-state index contributed by atoms with van der Waals surface area (Å²) < 4.78 is 4.65. The van der Waals surface area contributed by atoms with Gasteiger partial charge in [-0.25, -0.2) is 0 Å². The third kappa shape index (κ3) is 3.49. The van der Waals surface area contributed by atoms with Gasteiger partial charge in [0.2, 0.25) is 0 Å². The van der Waals surface area contributed by atoms with E-state index in [9.17, 15) is 9.90 Å². The van der Waals surface area contributed by atoms with Crippen molar-refractivity contribution in [3.05, 3.63) is 24.3 Å². The van der Waals surface area contributed by atoms with Crippen molar-refractivity contribution in [2.45, 2.75) is 32.3 Å². The number of hydrogen-bond donors (Lipinski definition) is 1. The van der Waals surface area contributed by atoms with E-state index in [0.29, 0.717) is 6.42 Å². The number of carbonyl (C=O) groups is 1. The van der Waals surface area contributed by atoms with Crippen molar-refractivity contribution < 1.29 is 14.6 Å². The van der Waals surface area contributed by atoms with Crippen LogP contribution in [0.5, 0.6) is 0 Å². The molecule has 1 aliphatic rings. The summed E-state index contributed by atoms with van der Waals surface area (Å²) in [5, 5.41) is 9.77. The fraction of sp³-hybridized carbons (Fsp3) is 0.615. The molecule has 0 saturated heterocycles. The molecule has 3 nitrogen and oxygen atoms in total. The molecular formula is C13H20O3. The number of rotatable bonds is 5. The predicted octanol–water partition coefficient (Wildman–Crippen LogP) is 2.07. The summed E-state index contributed by atoms with van der Waals surface area (Å²) in [6.45, 7) is 2.08. The van der Waals surface area contributed by atoms with Crippen LogP contribution in [-0.2, 0) is 9.53 Å². The van der Waals surface area contributed by atoms with Crippen molar-refractivity contribution in [3.63, 3.8) is 0 Å². The molecular weight excluding hydrogens is 204 g/mol. The van der Waals surface area contributed by atoms with Crippen LogP contribution >= 0.6 is 0 Å². The summed E-state index contributed by atoms with van der Waals surface area (Å²) in [4.78, 5) is 11.2. The van der Waals surface area contributed by atoms with Gasteiger partial charge in [0.1, 0.15) is 0 Å². The highest BCUT2D eigenvalue weighted by atomic mass is 16.5. The molecule has 90 valence electrons. The van der Waals surface area contributed by atoms with Crippen molar-refractivity contribution in [1.29, 1.82) is 0 Å². The molecule has 0 saturated carbocycles. The van der Waals surface area contributed by atoms with E-state index in [2.05, 4.69) is 23.8 Å². The molecule has 0 heterocycles. The van der Waals surface area contributed by atoms with Gasteiger partial charge in [0.05, 0.1) is 19.6 Å². The summed E-state index contributed by atoms with van der Waals surface area (Å²) in [5.41, 5.74) is 0. The number of ether oxygens (including phenoxy) is 1. The van der Waals surface area contributed by atoms with Crippen LogP contribution in [0.15, 0.2) is 24.3 Å². The molecule has 0 fully saturated rings. The maximum atomic E-state index is 11.2. The highest BCUT2D eigenvalue weighted by Gasteiger charge is 2.30. The molecule has 1 rings (SSSR count). The number of methoxy groups -OCH3 is 1. The van der Waals surface area contributed by atoms with Gasteiger partial charge in [-0.1, -0.05) is 31.2 Å². The lowest BCUT2D eigenvalue weighted by Crippen LogP contribution is -2.22. The molecule has 0 amide bonds. The normalized spacial score (nSPS) is 28.8. The Morgan fingerprint density at radius 3 is 2.81 bits per heavy atom. The van der Waals surface area contributed by atoms with Crippen molar-refractivity contribution in [2.24, 2.45) is 11.8 Å². The van der Waals surface area contributed by atoms with Crippen LogP contribution in [0.2, 0.25) is 0 Å².